The van der Waals surface area contributed by atoms with Crippen molar-refractivity contribution in [3.63, 3.8) is 0 Å². The summed E-state index contributed by atoms with van der Waals surface area (Å²) in [4.78, 5) is 0. The maximum atomic E-state index is 9.91. The van der Waals surface area contributed by atoms with Crippen LogP contribution >= 0.6 is 0 Å². The van der Waals surface area contributed by atoms with Crippen LogP contribution in [0.15, 0.2) is 12.2 Å². The number of unbranched alkanes of at least 4 members (excludes halogenated alkanes) is 14. The molecule has 5 heteroatoms. The summed E-state index contributed by atoms with van der Waals surface area (Å²) >= 11 is 0. The Hall–Kier alpha value is -0.460. The fraction of sp³-hybridized carbons (Fsp3) is 0.923. The molecule has 1 saturated heterocycles. The molecule has 0 radical (unpaired) electrons. The Balaban J connectivity index is 1.82. The van der Waals surface area contributed by atoms with E-state index in [1.807, 2.05) is 0 Å². The number of aliphatic hydroxyl groups is 3. The largest absolute Gasteiger partial charge is 0.394 e. The van der Waals surface area contributed by atoms with Crippen molar-refractivity contribution in [1.82, 2.24) is 0 Å². The molecule has 0 unspecified atom stereocenters. The standard InChI is InChI=1S/C26H50O5/c1-2-3-4-5-6-7-8-9-10-11-12-13-14-15-16-17-18-19-20-30-26-24(29)22-31-25(26)23(28)21-27/h6-7,23-29H,2-5,8-22H2,1H3/b7-6+/t23-,24+,25-,26-/m0/s1. The van der Waals surface area contributed by atoms with Crippen LogP contribution in [0, 0.1) is 0 Å². The lowest BCUT2D eigenvalue weighted by molar-refractivity contribution is -0.0938. The fourth-order valence-electron chi connectivity index (χ4n) is 4.18. The van der Waals surface area contributed by atoms with Crippen LogP contribution in [0.5, 0.6) is 0 Å². The molecule has 0 bridgehead atoms. The normalized spacial score (nSPS) is 22.5. The molecule has 0 saturated carbocycles. The molecule has 184 valence electrons. The zero-order valence-electron chi connectivity index (χ0n) is 20.1. The Kier molecular flexibility index (Phi) is 18.6. The van der Waals surface area contributed by atoms with Crippen LogP contribution in [0.25, 0.3) is 0 Å². The molecule has 0 spiro atoms. The van der Waals surface area contributed by atoms with E-state index in [-0.39, 0.29) is 13.2 Å². The molecule has 1 aliphatic heterocycles. The highest BCUT2D eigenvalue weighted by molar-refractivity contribution is 4.89. The van der Waals surface area contributed by atoms with Gasteiger partial charge in [-0.2, -0.15) is 0 Å². The molecule has 3 N–H and O–H groups in total. The Bertz CT molecular complexity index is 415. The smallest absolute Gasteiger partial charge is 0.114 e. The number of allylic oxidation sites excluding steroid dienone is 2. The van der Waals surface area contributed by atoms with Crippen molar-refractivity contribution in [3.05, 3.63) is 12.2 Å². The summed E-state index contributed by atoms with van der Waals surface area (Å²) in [6, 6.07) is 0. The molecule has 0 aliphatic carbocycles. The van der Waals surface area contributed by atoms with Crippen molar-refractivity contribution in [2.75, 3.05) is 19.8 Å². The average Bonchev–Trinajstić information content (AvgIpc) is 3.15. The minimum absolute atomic E-state index is 0.155. The Labute approximate surface area is 191 Å². The van der Waals surface area contributed by atoms with Crippen molar-refractivity contribution in [2.45, 2.75) is 134 Å². The summed E-state index contributed by atoms with van der Waals surface area (Å²) in [5.74, 6) is 0. The molecule has 0 aromatic heterocycles. The molecule has 5 nitrogen and oxygen atoms in total. The van der Waals surface area contributed by atoms with Crippen molar-refractivity contribution in [3.8, 4) is 0 Å². The molecule has 1 aliphatic rings. The average molecular weight is 443 g/mol. The summed E-state index contributed by atoms with van der Waals surface area (Å²) in [6.45, 7) is 2.59. The zero-order chi connectivity index (χ0) is 22.6. The highest BCUT2D eigenvalue weighted by Crippen LogP contribution is 2.21. The molecule has 0 aromatic carbocycles. The Morgan fingerprint density at radius 3 is 1.90 bits per heavy atom. The van der Waals surface area contributed by atoms with E-state index in [0.717, 1.165) is 12.8 Å². The number of rotatable bonds is 21. The first-order valence-electron chi connectivity index (χ1n) is 13.1. The third-order valence-electron chi connectivity index (χ3n) is 6.20. The SMILES string of the molecule is CCCCC/C=C/CCCCCCCCCCCCCO[C@@H]1[C@H]([C@@H](O)CO)OC[C@H]1O. The van der Waals surface area contributed by atoms with Crippen LogP contribution in [0.2, 0.25) is 0 Å². The quantitative estimate of drug-likeness (QED) is 0.166. The van der Waals surface area contributed by atoms with Gasteiger partial charge in [0.1, 0.15) is 24.4 Å². The maximum Gasteiger partial charge on any atom is 0.114 e. The minimum Gasteiger partial charge on any atom is -0.394 e. The van der Waals surface area contributed by atoms with Gasteiger partial charge in [0.25, 0.3) is 0 Å². The second-order valence-electron chi connectivity index (χ2n) is 9.10. The van der Waals surface area contributed by atoms with Gasteiger partial charge in [0.2, 0.25) is 0 Å². The van der Waals surface area contributed by atoms with Crippen LogP contribution in [0.4, 0.5) is 0 Å². The van der Waals surface area contributed by atoms with E-state index in [0.29, 0.717) is 6.61 Å². The van der Waals surface area contributed by atoms with Crippen molar-refractivity contribution >= 4 is 0 Å². The summed E-state index contributed by atoms with van der Waals surface area (Å²) in [7, 11) is 0. The number of ether oxygens (including phenoxy) is 2. The molecule has 1 fully saturated rings. The van der Waals surface area contributed by atoms with Crippen LogP contribution in [-0.2, 0) is 9.47 Å². The number of aliphatic hydroxyl groups excluding tert-OH is 3. The predicted octanol–water partition coefficient (Wildman–Crippen LogP) is 5.30. The maximum absolute atomic E-state index is 9.91. The van der Waals surface area contributed by atoms with Gasteiger partial charge in [-0.15, -0.1) is 0 Å². The minimum atomic E-state index is -1.00. The van der Waals surface area contributed by atoms with Gasteiger partial charge in [-0.1, -0.05) is 89.7 Å². The van der Waals surface area contributed by atoms with Gasteiger partial charge in [0, 0.05) is 6.61 Å². The lowest BCUT2D eigenvalue weighted by atomic mass is 10.0. The van der Waals surface area contributed by atoms with E-state index in [4.69, 9.17) is 14.6 Å². The van der Waals surface area contributed by atoms with Crippen LogP contribution in [-0.4, -0.2) is 59.6 Å². The number of hydrogen-bond donors (Lipinski definition) is 3. The second-order valence-corrected chi connectivity index (χ2v) is 9.10. The fourth-order valence-corrected chi connectivity index (χ4v) is 4.18. The molecule has 31 heavy (non-hydrogen) atoms. The number of hydrogen-bond acceptors (Lipinski definition) is 5. The van der Waals surface area contributed by atoms with Gasteiger partial charge in [0.15, 0.2) is 0 Å². The molecule has 1 rings (SSSR count). The summed E-state index contributed by atoms with van der Waals surface area (Å²) in [5.41, 5.74) is 0. The summed E-state index contributed by atoms with van der Waals surface area (Å²) in [6.07, 6.45) is 22.5. The van der Waals surface area contributed by atoms with Crippen LogP contribution in [0.1, 0.15) is 110 Å². The van der Waals surface area contributed by atoms with E-state index in [1.165, 1.54) is 89.9 Å². The van der Waals surface area contributed by atoms with E-state index in [2.05, 4.69) is 19.1 Å². The monoisotopic (exact) mass is 442 g/mol. The van der Waals surface area contributed by atoms with Gasteiger partial charge in [-0.25, -0.2) is 0 Å². The van der Waals surface area contributed by atoms with Gasteiger partial charge < -0.3 is 24.8 Å². The molecule has 4 atom stereocenters. The van der Waals surface area contributed by atoms with E-state index in [9.17, 15) is 10.2 Å². The molecular weight excluding hydrogens is 392 g/mol. The van der Waals surface area contributed by atoms with Crippen molar-refractivity contribution in [1.29, 1.82) is 0 Å². The first-order chi connectivity index (χ1) is 15.2. The van der Waals surface area contributed by atoms with Crippen LogP contribution in [0.3, 0.4) is 0 Å². The molecule has 1 heterocycles. The zero-order valence-corrected chi connectivity index (χ0v) is 20.1. The highest BCUT2D eigenvalue weighted by Gasteiger charge is 2.40. The predicted molar refractivity (Wildman–Crippen MR) is 127 cm³/mol. The van der Waals surface area contributed by atoms with Crippen molar-refractivity contribution < 1.29 is 24.8 Å². The van der Waals surface area contributed by atoms with E-state index < -0.39 is 24.4 Å². The van der Waals surface area contributed by atoms with Crippen molar-refractivity contribution in [2.24, 2.45) is 0 Å². The van der Waals surface area contributed by atoms with E-state index >= 15 is 0 Å². The molecule has 0 aromatic rings. The van der Waals surface area contributed by atoms with Crippen LogP contribution < -0.4 is 0 Å². The summed E-state index contributed by atoms with van der Waals surface area (Å²) in [5, 5.41) is 28.7. The lowest BCUT2D eigenvalue weighted by Gasteiger charge is -2.23. The first kappa shape index (κ1) is 28.6. The topological polar surface area (TPSA) is 79.2 Å². The van der Waals surface area contributed by atoms with E-state index in [1.54, 1.807) is 0 Å². The lowest BCUT2D eigenvalue weighted by Crippen LogP contribution is -2.42. The van der Waals surface area contributed by atoms with Gasteiger partial charge >= 0.3 is 0 Å². The highest BCUT2D eigenvalue weighted by atomic mass is 16.6. The second kappa shape index (κ2) is 20.2. The third kappa shape index (κ3) is 14.3. The van der Waals surface area contributed by atoms with Gasteiger partial charge in [-0.05, 0) is 32.1 Å². The molecular formula is C26H50O5. The Morgan fingerprint density at radius 1 is 0.839 bits per heavy atom. The summed E-state index contributed by atoms with van der Waals surface area (Å²) < 4.78 is 11.1. The third-order valence-corrected chi connectivity index (χ3v) is 6.20. The van der Waals surface area contributed by atoms with Gasteiger partial charge in [0.05, 0.1) is 13.2 Å². The Morgan fingerprint density at radius 2 is 1.35 bits per heavy atom. The van der Waals surface area contributed by atoms with Gasteiger partial charge in [-0.3, -0.25) is 0 Å². The molecule has 0 amide bonds. The first-order valence-corrected chi connectivity index (χ1v) is 13.1.